The summed E-state index contributed by atoms with van der Waals surface area (Å²) in [6.07, 6.45) is 4.63. The van der Waals surface area contributed by atoms with Crippen molar-refractivity contribution in [3.63, 3.8) is 0 Å². The van der Waals surface area contributed by atoms with Crippen molar-refractivity contribution in [3.05, 3.63) is 53.9 Å². The maximum Gasteiger partial charge on any atom is 0.141 e. The average Bonchev–Trinajstić information content (AvgIpc) is 2.65. The number of aromatic nitrogens is 2. The molecular formula is C11H11FN2O. The Hall–Kier alpha value is -1.68. The lowest BCUT2D eigenvalue weighted by atomic mass is 10.3. The fourth-order valence-corrected chi connectivity index (χ4v) is 1.49. The van der Waals surface area contributed by atoms with Crippen LogP contribution in [-0.4, -0.2) is 14.7 Å². The molecule has 1 N–H and O–H groups in total. The molecule has 0 saturated carbocycles. The molecule has 0 aliphatic heterocycles. The lowest BCUT2D eigenvalue weighted by Gasteiger charge is -2.06. The van der Waals surface area contributed by atoms with E-state index in [1.165, 1.54) is 12.3 Å². The average molecular weight is 206 g/mol. The molecule has 2 heterocycles. The first-order valence-electron chi connectivity index (χ1n) is 4.64. The molecule has 2 aromatic rings. The molecule has 0 aliphatic carbocycles. The molecule has 0 bridgehead atoms. The Morgan fingerprint density at radius 1 is 1.40 bits per heavy atom. The molecule has 2 aromatic heterocycles. The minimum absolute atomic E-state index is 0.0181. The van der Waals surface area contributed by atoms with Gasteiger partial charge in [0, 0.05) is 24.6 Å². The van der Waals surface area contributed by atoms with Crippen LogP contribution in [0.4, 0.5) is 4.39 Å². The van der Waals surface area contributed by atoms with Gasteiger partial charge in [0.05, 0.1) is 12.8 Å². The first-order valence-corrected chi connectivity index (χ1v) is 4.64. The van der Waals surface area contributed by atoms with Crippen LogP contribution in [0.15, 0.2) is 36.8 Å². The van der Waals surface area contributed by atoms with Crippen LogP contribution in [0, 0.1) is 5.82 Å². The molecule has 3 nitrogen and oxygen atoms in total. The molecule has 0 amide bonds. The van der Waals surface area contributed by atoms with Gasteiger partial charge in [-0.25, -0.2) is 4.39 Å². The summed E-state index contributed by atoms with van der Waals surface area (Å²) in [5, 5.41) is 9.03. The summed E-state index contributed by atoms with van der Waals surface area (Å²) in [5.74, 6) is -0.342. The third-order valence-corrected chi connectivity index (χ3v) is 2.20. The number of rotatable bonds is 3. The molecule has 15 heavy (non-hydrogen) atoms. The highest BCUT2D eigenvalue weighted by Gasteiger charge is 2.01. The predicted octanol–water partition coefficient (Wildman–Crippen LogP) is 1.56. The van der Waals surface area contributed by atoms with E-state index in [1.807, 2.05) is 22.9 Å². The number of nitrogens with zero attached hydrogens (tertiary/aromatic N) is 2. The van der Waals surface area contributed by atoms with Crippen LogP contribution in [-0.2, 0) is 13.2 Å². The highest BCUT2D eigenvalue weighted by Crippen LogP contribution is 2.08. The van der Waals surface area contributed by atoms with Gasteiger partial charge in [0.1, 0.15) is 5.82 Å². The van der Waals surface area contributed by atoms with Crippen molar-refractivity contribution in [2.24, 2.45) is 0 Å². The van der Waals surface area contributed by atoms with E-state index < -0.39 is 0 Å². The Morgan fingerprint density at radius 3 is 3.00 bits per heavy atom. The fraction of sp³-hybridized carbons (Fsp3) is 0.182. The summed E-state index contributed by atoms with van der Waals surface area (Å²) in [6.45, 7) is 0.503. The Bertz CT molecular complexity index is 453. The first kappa shape index (κ1) is 9.86. The van der Waals surface area contributed by atoms with Gasteiger partial charge in [-0.2, -0.15) is 0 Å². The first-order chi connectivity index (χ1) is 7.29. The molecule has 2 rings (SSSR count). The molecule has 0 aliphatic rings. The van der Waals surface area contributed by atoms with Gasteiger partial charge in [-0.1, -0.05) is 0 Å². The van der Waals surface area contributed by atoms with Gasteiger partial charge in [-0.05, 0) is 23.8 Å². The summed E-state index contributed by atoms with van der Waals surface area (Å²) in [4.78, 5) is 3.77. The maximum atomic E-state index is 12.9. The summed E-state index contributed by atoms with van der Waals surface area (Å²) in [6, 6.07) is 5.11. The largest absolute Gasteiger partial charge is 0.390 e. The third kappa shape index (κ3) is 2.22. The summed E-state index contributed by atoms with van der Waals surface area (Å²) in [5.41, 5.74) is 1.58. The van der Waals surface area contributed by atoms with E-state index in [0.29, 0.717) is 6.54 Å². The Morgan fingerprint density at radius 2 is 2.27 bits per heavy atom. The van der Waals surface area contributed by atoms with Gasteiger partial charge in [-0.15, -0.1) is 0 Å². The molecule has 0 spiro atoms. The number of hydrogen-bond donors (Lipinski definition) is 1. The molecule has 0 aromatic carbocycles. The van der Waals surface area contributed by atoms with Gasteiger partial charge in [0.25, 0.3) is 0 Å². The lowest BCUT2D eigenvalue weighted by Crippen LogP contribution is -2.03. The molecule has 0 unspecified atom stereocenters. The number of halogens is 1. The maximum absolute atomic E-state index is 12.9. The van der Waals surface area contributed by atoms with Crippen LogP contribution in [0.5, 0.6) is 0 Å². The van der Waals surface area contributed by atoms with Crippen LogP contribution in [0.25, 0.3) is 0 Å². The lowest BCUT2D eigenvalue weighted by molar-refractivity contribution is 0.271. The second-order valence-corrected chi connectivity index (χ2v) is 3.30. The fourth-order valence-electron chi connectivity index (χ4n) is 1.49. The number of hydrogen-bond acceptors (Lipinski definition) is 2. The van der Waals surface area contributed by atoms with Gasteiger partial charge < -0.3 is 9.67 Å². The van der Waals surface area contributed by atoms with Crippen molar-refractivity contribution in [3.8, 4) is 0 Å². The topological polar surface area (TPSA) is 38.0 Å². The van der Waals surface area contributed by atoms with Crippen molar-refractivity contribution < 1.29 is 9.50 Å². The minimum Gasteiger partial charge on any atom is -0.390 e. The zero-order valence-corrected chi connectivity index (χ0v) is 8.10. The standard InChI is InChI=1S/C11H11FN2O/c12-10-4-9(5-13-6-10)7-14-3-1-2-11(14)8-15/h1-6,15H,7-8H2. The molecule has 0 saturated heterocycles. The summed E-state index contributed by atoms with van der Waals surface area (Å²) < 4.78 is 14.7. The van der Waals surface area contributed by atoms with Crippen LogP contribution in [0.3, 0.4) is 0 Å². The van der Waals surface area contributed by atoms with E-state index in [0.717, 1.165) is 11.3 Å². The van der Waals surface area contributed by atoms with E-state index >= 15 is 0 Å². The van der Waals surface area contributed by atoms with Crippen molar-refractivity contribution in [1.82, 2.24) is 9.55 Å². The van der Waals surface area contributed by atoms with Gasteiger partial charge in [0.15, 0.2) is 0 Å². The molecular weight excluding hydrogens is 195 g/mol. The second kappa shape index (κ2) is 4.23. The van der Waals surface area contributed by atoms with Crippen LogP contribution >= 0.6 is 0 Å². The van der Waals surface area contributed by atoms with Crippen molar-refractivity contribution in [2.75, 3.05) is 0 Å². The summed E-state index contributed by atoms with van der Waals surface area (Å²) in [7, 11) is 0. The summed E-state index contributed by atoms with van der Waals surface area (Å²) >= 11 is 0. The minimum atomic E-state index is -0.342. The van der Waals surface area contributed by atoms with E-state index in [-0.39, 0.29) is 12.4 Å². The zero-order valence-electron chi connectivity index (χ0n) is 8.10. The Kier molecular flexibility index (Phi) is 2.78. The number of aliphatic hydroxyl groups is 1. The van der Waals surface area contributed by atoms with Gasteiger partial charge in [-0.3, -0.25) is 4.98 Å². The van der Waals surface area contributed by atoms with Crippen LogP contribution in [0.2, 0.25) is 0 Å². The molecule has 0 atom stereocenters. The van der Waals surface area contributed by atoms with E-state index in [4.69, 9.17) is 5.11 Å². The van der Waals surface area contributed by atoms with Crippen molar-refractivity contribution >= 4 is 0 Å². The Balaban J connectivity index is 2.22. The normalized spacial score (nSPS) is 10.5. The zero-order chi connectivity index (χ0) is 10.7. The Labute approximate surface area is 86.8 Å². The van der Waals surface area contributed by atoms with E-state index in [9.17, 15) is 4.39 Å². The SMILES string of the molecule is OCc1cccn1Cc1cncc(F)c1. The molecule has 0 fully saturated rings. The monoisotopic (exact) mass is 206 g/mol. The van der Waals surface area contributed by atoms with E-state index in [2.05, 4.69) is 4.98 Å². The highest BCUT2D eigenvalue weighted by atomic mass is 19.1. The second-order valence-electron chi connectivity index (χ2n) is 3.30. The highest BCUT2D eigenvalue weighted by molar-refractivity contribution is 5.14. The van der Waals surface area contributed by atoms with Crippen molar-refractivity contribution in [1.29, 1.82) is 0 Å². The molecule has 4 heteroatoms. The predicted molar refractivity (Wildman–Crippen MR) is 53.7 cm³/mol. The quantitative estimate of drug-likeness (QED) is 0.827. The van der Waals surface area contributed by atoms with Crippen LogP contribution < -0.4 is 0 Å². The molecule has 78 valence electrons. The van der Waals surface area contributed by atoms with Crippen LogP contribution in [0.1, 0.15) is 11.3 Å². The smallest absolute Gasteiger partial charge is 0.141 e. The third-order valence-electron chi connectivity index (χ3n) is 2.20. The van der Waals surface area contributed by atoms with Gasteiger partial charge in [0.2, 0.25) is 0 Å². The molecule has 0 radical (unpaired) electrons. The van der Waals surface area contributed by atoms with E-state index in [1.54, 1.807) is 6.20 Å². The van der Waals surface area contributed by atoms with Gasteiger partial charge >= 0.3 is 0 Å². The van der Waals surface area contributed by atoms with Crippen molar-refractivity contribution in [2.45, 2.75) is 13.2 Å². The number of aliphatic hydroxyl groups excluding tert-OH is 1. The number of pyridine rings is 1.